The predicted octanol–water partition coefficient (Wildman–Crippen LogP) is 2.37. The first-order valence-electron chi connectivity index (χ1n) is 4.43. The number of halogens is 2. The average molecular weight is 214 g/mol. The van der Waals surface area contributed by atoms with E-state index < -0.39 is 5.82 Å². The van der Waals surface area contributed by atoms with Crippen LogP contribution >= 0.6 is 11.6 Å². The summed E-state index contributed by atoms with van der Waals surface area (Å²) in [6, 6.07) is 4.34. The fraction of sp³-hybridized carbons (Fsp3) is 0.300. The van der Waals surface area contributed by atoms with Crippen LogP contribution in [0.5, 0.6) is 0 Å². The smallest absolute Gasteiger partial charge is 0.251 e. The Labute approximate surface area is 86.1 Å². The molecule has 1 aliphatic rings. The van der Waals surface area contributed by atoms with E-state index in [2.05, 4.69) is 5.32 Å². The summed E-state index contributed by atoms with van der Waals surface area (Å²) in [4.78, 5) is 11.4. The van der Waals surface area contributed by atoms with Crippen molar-refractivity contribution in [1.29, 1.82) is 0 Å². The molecule has 4 heteroatoms. The highest BCUT2D eigenvalue weighted by Gasteiger charge is 2.23. The molecule has 2 rings (SSSR count). The van der Waals surface area contributed by atoms with Crippen LogP contribution in [0.2, 0.25) is 5.02 Å². The normalized spacial score (nSPS) is 15.3. The highest BCUT2D eigenvalue weighted by molar-refractivity contribution is 6.30. The summed E-state index contributed by atoms with van der Waals surface area (Å²) < 4.78 is 13.0. The van der Waals surface area contributed by atoms with Gasteiger partial charge in [-0.1, -0.05) is 11.6 Å². The molecule has 1 saturated carbocycles. The molecule has 74 valence electrons. The first-order valence-corrected chi connectivity index (χ1v) is 4.80. The molecule has 0 unspecified atom stereocenters. The van der Waals surface area contributed by atoms with Crippen molar-refractivity contribution in [1.82, 2.24) is 5.32 Å². The summed E-state index contributed by atoms with van der Waals surface area (Å²) in [6.45, 7) is 0. The van der Waals surface area contributed by atoms with Gasteiger partial charge in [-0.25, -0.2) is 4.39 Å². The minimum Gasteiger partial charge on any atom is -0.349 e. The quantitative estimate of drug-likeness (QED) is 0.803. The van der Waals surface area contributed by atoms with Crippen LogP contribution in [0.1, 0.15) is 23.2 Å². The zero-order chi connectivity index (χ0) is 10.1. The predicted molar refractivity (Wildman–Crippen MR) is 51.9 cm³/mol. The number of amides is 1. The molecule has 1 fully saturated rings. The monoisotopic (exact) mass is 213 g/mol. The van der Waals surface area contributed by atoms with Crippen molar-refractivity contribution in [2.24, 2.45) is 0 Å². The van der Waals surface area contributed by atoms with Gasteiger partial charge in [-0.3, -0.25) is 4.79 Å². The van der Waals surface area contributed by atoms with Gasteiger partial charge in [0.1, 0.15) is 5.82 Å². The Morgan fingerprint density at radius 1 is 1.50 bits per heavy atom. The minimum atomic E-state index is -0.560. The third kappa shape index (κ3) is 2.04. The maximum absolute atomic E-state index is 13.0. The molecule has 0 saturated heterocycles. The van der Waals surface area contributed by atoms with Gasteiger partial charge in [0.15, 0.2) is 0 Å². The van der Waals surface area contributed by atoms with Crippen molar-refractivity contribution in [3.05, 3.63) is 34.6 Å². The van der Waals surface area contributed by atoms with Gasteiger partial charge in [-0.15, -0.1) is 0 Å². The van der Waals surface area contributed by atoms with Crippen LogP contribution in [0.3, 0.4) is 0 Å². The topological polar surface area (TPSA) is 29.1 Å². The molecule has 14 heavy (non-hydrogen) atoms. The summed E-state index contributed by atoms with van der Waals surface area (Å²) in [6.07, 6.45) is 2.03. The molecular formula is C10H9ClFNO. The standard InChI is InChI=1S/C10H9ClFNO/c11-8-4-1-6(5-9(8)12)10(14)13-7-2-3-7/h1,4-5,7H,2-3H2,(H,13,14). The molecule has 1 amide bonds. The Kier molecular flexibility index (Phi) is 2.42. The highest BCUT2D eigenvalue weighted by atomic mass is 35.5. The summed E-state index contributed by atoms with van der Waals surface area (Å²) in [5.41, 5.74) is 0.318. The van der Waals surface area contributed by atoms with Gasteiger partial charge in [-0.2, -0.15) is 0 Å². The van der Waals surface area contributed by atoms with E-state index in [0.29, 0.717) is 5.56 Å². The zero-order valence-corrected chi connectivity index (χ0v) is 8.14. The molecule has 0 heterocycles. The first kappa shape index (κ1) is 9.46. The average Bonchev–Trinajstić information content (AvgIpc) is 2.93. The first-order chi connectivity index (χ1) is 6.66. The lowest BCUT2D eigenvalue weighted by molar-refractivity contribution is 0.0950. The molecule has 0 atom stereocenters. The Morgan fingerprint density at radius 2 is 2.21 bits per heavy atom. The zero-order valence-electron chi connectivity index (χ0n) is 7.39. The molecule has 1 aliphatic carbocycles. The third-order valence-corrected chi connectivity index (χ3v) is 2.40. The largest absolute Gasteiger partial charge is 0.349 e. The Hall–Kier alpha value is -1.09. The summed E-state index contributed by atoms with van der Waals surface area (Å²) in [5, 5.41) is 2.80. The second kappa shape index (κ2) is 3.58. The van der Waals surface area contributed by atoms with Crippen LogP contribution in [-0.2, 0) is 0 Å². The Bertz CT molecular complexity index is 376. The Morgan fingerprint density at radius 3 is 2.79 bits per heavy atom. The number of carbonyl (C=O) groups is 1. The van der Waals surface area contributed by atoms with E-state index in [1.165, 1.54) is 12.1 Å². The SMILES string of the molecule is O=C(NC1CC1)c1ccc(Cl)c(F)c1. The molecule has 0 radical (unpaired) electrons. The van der Waals surface area contributed by atoms with Crippen molar-refractivity contribution in [2.45, 2.75) is 18.9 Å². The van der Waals surface area contributed by atoms with Crippen LogP contribution in [0.25, 0.3) is 0 Å². The molecule has 0 bridgehead atoms. The van der Waals surface area contributed by atoms with Crippen LogP contribution in [0, 0.1) is 5.82 Å². The number of benzene rings is 1. The highest BCUT2D eigenvalue weighted by Crippen LogP contribution is 2.20. The summed E-state index contributed by atoms with van der Waals surface area (Å²) >= 11 is 5.50. The lowest BCUT2D eigenvalue weighted by Crippen LogP contribution is -2.25. The number of nitrogens with one attached hydrogen (secondary N) is 1. The molecule has 1 aromatic rings. The van der Waals surface area contributed by atoms with Crippen molar-refractivity contribution in [3.8, 4) is 0 Å². The maximum Gasteiger partial charge on any atom is 0.251 e. The van der Waals surface area contributed by atoms with Crippen LogP contribution < -0.4 is 5.32 Å². The summed E-state index contributed by atoms with van der Waals surface area (Å²) in [7, 11) is 0. The van der Waals surface area contributed by atoms with Crippen LogP contribution in [0.15, 0.2) is 18.2 Å². The van der Waals surface area contributed by atoms with Crippen LogP contribution in [-0.4, -0.2) is 11.9 Å². The van der Waals surface area contributed by atoms with Gasteiger partial charge in [0.05, 0.1) is 5.02 Å². The number of rotatable bonds is 2. The molecular weight excluding hydrogens is 205 g/mol. The second-order valence-electron chi connectivity index (χ2n) is 3.38. The Balaban J connectivity index is 2.14. The van der Waals surface area contributed by atoms with E-state index in [1.807, 2.05) is 0 Å². The molecule has 0 aliphatic heterocycles. The summed E-state index contributed by atoms with van der Waals surface area (Å²) in [5.74, 6) is -0.793. The number of hydrogen-bond acceptors (Lipinski definition) is 1. The number of hydrogen-bond donors (Lipinski definition) is 1. The van der Waals surface area contributed by atoms with Crippen LogP contribution in [0.4, 0.5) is 4.39 Å². The van der Waals surface area contributed by atoms with Crippen molar-refractivity contribution in [3.63, 3.8) is 0 Å². The van der Waals surface area contributed by atoms with Gasteiger partial charge in [0.2, 0.25) is 0 Å². The van der Waals surface area contributed by atoms with E-state index in [-0.39, 0.29) is 17.0 Å². The van der Waals surface area contributed by atoms with Crippen molar-refractivity contribution >= 4 is 17.5 Å². The molecule has 1 N–H and O–H groups in total. The minimum absolute atomic E-state index is 0.0352. The second-order valence-corrected chi connectivity index (χ2v) is 3.78. The molecule has 0 spiro atoms. The van der Waals surface area contributed by atoms with Gasteiger partial charge in [-0.05, 0) is 31.0 Å². The van der Waals surface area contributed by atoms with E-state index in [0.717, 1.165) is 18.9 Å². The molecule has 2 nitrogen and oxygen atoms in total. The van der Waals surface area contributed by atoms with Gasteiger partial charge in [0, 0.05) is 11.6 Å². The van der Waals surface area contributed by atoms with Gasteiger partial charge in [0.25, 0.3) is 5.91 Å². The van der Waals surface area contributed by atoms with Crippen molar-refractivity contribution in [2.75, 3.05) is 0 Å². The third-order valence-electron chi connectivity index (χ3n) is 2.09. The van der Waals surface area contributed by atoms with Crippen molar-refractivity contribution < 1.29 is 9.18 Å². The van der Waals surface area contributed by atoms with Gasteiger partial charge >= 0.3 is 0 Å². The fourth-order valence-corrected chi connectivity index (χ4v) is 1.25. The lowest BCUT2D eigenvalue weighted by Gasteiger charge is -2.03. The lowest BCUT2D eigenvalue weighted by atomic mass is 10.2. The number of carbonyl (C=O) groups excluding carboxylic acids is 1. The van der Waals surface area contributed by atoms with E-state index in [4.69, 9.17) is 11.6 Å². The molecule has 0 aromatic heterocycles. The van der Waals surface area contributed by atoms with E-state index in [1.54, 1.807) is 0 Å². The maximum atomic E-state index is 13.0. The van der Waals surface area contributed by atoms with E-state index >= 15 is 0 Å². The van der Waals surface area contributed by atoms with E-state index in [9.17, 15) is 9.18 Å². The molecule has 1 aromatic carbocycles. The fourth-order valence-electron chi connectivity index (χ4n) is 1.13. The van der Waals surface area contributed by atoms with Gasteiger partial charge < -0.3 is 5.32 Å².